The van der Waals surface area contributed by atoms with E-state index in [1.54, 1.807) is 31.4 Å². The summed E-state index contributed by atoms with van der Waals surface area (Å²) in [5.41, 5.74) is 1.20. The molecule has 0 saturated heterocycles. The first kappa shape index (κ1) is 29.2. The summed E-state index contributed by atoms with van der Waals surface area (Å²) in [4.78, 5) is 14.8. The van der Waals surface area contributed by atoms with Crippen molar-refractivity contribution in [2.24, 2.45) is 0 Å². The summed E-state index contributed by atoms with van der Waals surface area (Å²) in [5, 5.41) is 10.1. The van der Waals surface area contributed by atoms with Gasteiger partial charge in [0.2, 0.25) is 11.2 Å². The van der Waals surface area contributed by atoms with Crippen LogP contribution in [0.5, 0.6) is 17.2 Å². The maximum absolute atomic E-state index is 12.6. The molecule has 33 heavy (non-hydrogen) atoms. The van der Waals surface area contributed by atoms with Crippen LogP contribution in [0.4, 0.5) is 0 Å². The number of hydrogen-bond donors (Lipinski definition) is 1. The maximum Gasteiger partial charge on any atom is 0.204 e. The zero-order valence-corrected chi connectivity index (χ0v) is 21.4. The quantitative estimate of drug-likeness (QED) is 0.357. The highest BCUT2D eigenvalue weighted by molar-refractivity contribution is 6.18. The number of fused-ring (bicyclic) bond motifs is 1. The molecule has 10 heteroatoms. The predicted octanol–water partition coefficient (Wildman–Crippen LogP) is 5.61. The lowest BCUT2D eigenvalue weighted by atomic mass is 10.1. The molecule has 182 valence electrons. The third kappa shape index (κ3) is 7.87. The number of phenolic OH excluding ortho intramolecular Hbond substituents is 1. The maximum atomic E-state index is 12.6. The molecular formula is C23H27Cl4NO5. The summed E-state index contributed by atoms with van der Waals surface area (Å²) in [5.74, 6) is 2.72. The van der Waals surface area contributed by atoms with E-state index >= 15 is 0 Å². The molecule has 0 radical (unpaired) electrons. The molecule has 0 bridgehead atoms. The summed E-state index contributed by atoms with van der Waals surface area (Å²) in [6.07, 6.45) is 1.37. The Bertz CT molecular complexity index is 1030. The van der Waals surface area contributed by atoms with E-state index in [0.717, 1.165) is 25.2 Å². The average Bonchev–Trinajstić information content (AvgIpc) is 2.80. The Labute approximate surface area is 214 Å². The number of phenols is 1. The van der Waals surface area contributed by atoms with Gasteiger partial charge in [0.1, 0.15) is 12.0 Å². The first-order chi connectivity index (χ1) is 15.5. The van der Waals surface area contributed by atoms with E-state index in [2.05, 4.69) is 4.90 Å². The molecule has 0 unspecified atom stereocenters. The highest BCUT2D eigenvalue weighted by Crippen LogP contribution is 2.34. The monoisotopic (exact) mass is 537 g/mol. The molecule has 1 N–H and O–H groups in total. The van der Waals surface area contributed by atoms with Crippen LogP contribution in [0.2, 0.25) is 0 Å². The molecule has 0 amide bonds. The Hall–Kier alpha value is -1.83. The second-order valence-corrected chi connectivity index (χ2v) is 7.74. The van der Waals surface area contributed by atoms with Crippen molar-refractivity contribution in [1.29, 1.82) is 0 Å². The Kier molecular flexibility index (Phi) is 13.4. The van der Waals surface area contributed by atoms with E-state index in [9.17, 15) is 9.90 Å². The molecule has 0 atom stereocenters. The Morgan fingerprint density at radius 3 is 1.97 bits per heavy atom. The molecule has 0 aliphatic rings. The summed E-state index contributed by atoms with van der Waals surface area (Å²) >= 11 is 16.6. The van der Waals surface area contributed by atoms with E-state index < -0.39 is 0 Å². The molecule has 3 aromatic rings. The Morgan fingerprint density at radius 1 is 0.909 bits per heavy atom. The predicted molar refractivity (Wildman–Crippen MR) is 139 cm³/mol. The van der Waals surface area contributed by atoms with Gasteiger partial charge in [-0.3, -0.25) is 9.69 Å². The number of rotatable bonds is 9. The van der Waals surface area contributed by atoms with Gasteiger partial charge >= 0.3 is 0 Å². The fourth-order valence-electron chi connectivity index (χ4n) is 3.03. The second-order valence-electron chi connectivity index (χ2n) is 6.61. The van der Waals surface area contributed by atoms with E-state index in [0.29, 0.717) is 34.3 Å². The van der Waals surface area contributed by atoms with Gasteiger partial charge in [0.05, 0.1) is 25.2 Å². The second kappa shape index (κ2) is 15.1. The van der Waals surface area contributed by atoms with Crippen molar-refractivity contribution in [1.82, 2.24) is 4.90 Å². The Morgan fingerprint density at radius 2 is 1.48 bits per heavy atom. The first-order valence-corrected chi connectivity index (χ1v) is 11.5. The molecule has 1 aromatic heterocycles. The summed E-state index contributed by atoms with van der Waals surface area (Å²) in [6.45, 7) is 2.63. The molecule has 1 heterocycles. The van der Waals surface area contributed by atoms with Gasteiger partial charge in [0, 0.05) is 37.3 Å². The van der Waals surface area contributed by atoms with Crippen LogP contribution >= 0.6 is 47.2 Å². The number of hydrogen-bond acceptors (Lipinski definition) is 6. The van der Waals surface area contributed by atoms with E-state index in [1.807, 2.05) is 0 Å². The van der Waals surface area contributed by atoms with Crippen LogP contribution in [0, 0.1) is 0 Å². The molecule has 0 fully saturated rings. The highest BCUT2D eigenvalue weighted by atomic mass is 35.5. The zero-order valence-electron chi connectivity index (χ0n) is 18.4. The van der Waals surface area contributed by atoms with Gasteiger partial charge in [-0.05, 0) is 29.8 Å². The summed E-state index contributed by atoms with van der Waals surface area (Å²) in [6, 6.07) is 10.1. The molecule has 3 rings (SSSR count). The number of ether oxygens (including phenoxy) is 2. The minimum Gasteiger partial charge on any atom is -0.504 e. The first-order valence-electron chi connectivity index (χ1n) is 9.86. The van der Waals surface area contributed by atoms with Crippen LogP contribution in [0.3, 0.4) is 0 Å². The molecule has 0 spiro atoms. The number of aromatic hydroxyl groups is 1. The molecular weight excluding hydrogens is 512 g/mol. The summed E-state index contributed by atoms with van der Waals surface area (Å²) < 4.78 is 15.7. The molecule has 0 saturated carbocycles. The van der Waals surface area contributed by atoms with E-state index in [1.165, 1.54) is 25.5 Å². The van der Waals surface area contributed by atoms with E-state index in [-0.39, 0.29) is 34.9 Å². The highest BCUT2D eigenvalue weighted by Gasteiger charge is 2.15. The van der Waals surface area contributed by atoms with Crippen LogP contribution in [0.1, 0.15) is 0 Å². The van der Waals surface area contributed by atoms with Gasteiger partial charge in [-0.15, -0.1) is 47.2 Å². The number of benzene rings is 2. The van der Waals surface area contributed by atoms with Crippen molar-refractivity contribution in [3.63, 3.8) is 0 Å². The minimum absolute atomic E-state index is 0. The van der Waals surface area contributed by atoms with Crippen LogP contribution in [-0.2, 0) is 0 Å². The van der Waals surface area contributed by atoms with Gasteiger partial charge in [0.15, 0.2) is 11.3 Å². The lowest BCUT2D eigenvalue weighted by Gasteiger charge is -2.17. The van der Waals surface area contributed by atoms with Crippen molar-refractivity contribution < 1.29 is 19.0 Å². The fraction of sp³-hybridized carbons (Fsp3) is 0.348. The summed E-state index contributed by atoms with van der Waals surface area (Å²) in [7, 11) is 2.99. The number of halogens is 4. The lowest BCUT2D eigenvalue weighted by Crippen LogP contribution is -2.29. The molecule has 0 aliphatic heterocycles. The topological polar surface area (TPSA) is 72.1 Å². The van der Waals surface area contributed by atoms with Crippen LogP contribution < -0.4 is 14.9 Å². The lowest BCUT2D eigenvalue weighted by molar-refractivity contribution is 0.327. The van der Waals surface area contributed by atoms with Crippen molar-refractivity contribution in [3.8, 4) is 28.4 Å². The van der Waals surface area contributed by atoms with Crippen LogP contribution in [-0.4, -0.2) is 61.5 Å². The van der Waals surface area contributed by atoms with Gasteiger partial charge in [-0.25, -0.2) is 0 Å². The number of alkyl halides is 3. The van der Waals surface area contributed by atoms with Crippen molar-refractivity contribution in [2.45, 2.75) is 0 Å². The number of methoxy groups -OCH3 is 2. The van der Waals surface area contributed by atoms with Gasteiger partial charge < -0.3 is 19.0 Å². The van der Waals surface area contributed by atoms with Gasteiger partial charge in [0.25, 0.3) is 0 Å². The normalized spacial score (nSPS) is 10.4. The van der Waals surface area contributed by atoms with Crippen LogP contribution in [0.15, 0.2) is 51.9 Å². The minimum atomic E-state index is -0.190. The fourth-order valence-corrected chi connectivity index (χ4v) is 3.74. The average molecular weight is 539 g/mol. The number of nitrogens with zero attached hydrogens (tertiary/aromatic N) is 1. The standard InChI is InChI=1S/C17H14O5.C6H12Cl3N.ClH/c1-20-11-5-3-10(4-6-11)13-9-22-16-12(15(13)19)7-8-14(18)17(16)21-2;7-1-4-10(5-2-8)6-3-9;/h3-9,18H,1-2H3;1-6H2;1H. The third-order valence-electron chi connectivity index (χ3n) is 4.68. The zero-order chi connectivity index (χ0) is 23.5. The largest absolute Gasteiger partial charge is 0.504 e. The van der Waals surface area contributed by atoms with E-state index in [4.69, 9.17) is 48.7 Å². The van der Waals surface area contributed by atoms with Crippen molar-refractivity contribution in [3.05, 3.63) is 52.9 Å². The van der Waals surface area contributed by atoms with Gasteiger partial charge in [-0.2, -0.15) is 0 Å². The molecule has 6 nitrogen and oxygen atoms in total. The van der Waals surface area contributed by atoms with Crippen molar-refractivity contribution >= 4 is 58.2 Å². The molecule has 0 aliphatic carbocycles. The Balaban J connectivity index is 0.000000425. The van der Waals surface area contributed by atoms with Crippen LogP contribution in [0.25, 0.3) is 22.1 Å². The van der Waals surface area contributed by atoms with Crippen molar-refractivity contribution in [2.75, 3.05) is 51.5 Å². The third-order valence-corrected chi connectivity index (χ3v) is 5.19. The molecule has 2 aromatic carbocycles. The SMILES string of the molecule is COc1ccc(-c2coc3c(OC)c(O)ccc3c2=O)cc1.Cl.ClCCN(CCCl)CCCl. The van der Waals surface area contributed by atoms with Gasteiger partial charge in [-0.1, -0.05) is 12.1 Å². The smallest absolute Gasteiger partial charge is 0.204 e.